The Labute approximate surface area is 136 Å². The number of amides is 2. The van der Waals surface area contributed by atoms with Crippen LogP contribution in [0.4, 0.5) is 19.4 Å². The number of hydrogen-bond acceptors (Lipinski definition) is 4. The van der Waals surface area contributed by atoms with E-state index in [4.69, 9.17) is 0 Å². The van der Waals surface area contributed by atoms with E-state index >= 15 is 0 Å². The quantitative estimate of drug-likeness (QED) is 0.902. The number of phenolic OH excluding ortho intramolecular Hbond substituents is 1. The number of aromatic nitrogens is 3. The van der Waals surface area contributed by atoms with Crippen molar-refractivity contribution in [2.45, 2.75) is 25.3 Å². The monoisotopic (exact) mass is 337 g/mol. The number of nitrogens with zero attached hydrogens (tertiary/aromatic N) is 4. The van der Waals surface area contributed by atoms with Crippen LogP contribution in [-0.2, 0) is 7.05 Å². The molecule has 2 N–H and O–H groups in total. The van der Waals surface area contributed by atoms with Gasteiger partial charge in [-0.25, -0.2) is 18.3 Å². The maximum Gasteiger partial charge on any atom is 0.323 e. The second-order valence-electron chi connectivity index (χ2n) is 5.62. The fourth-order valence-electron chi connectivity index (χ4n) is 2.92. The van der Waals surface area contributed by atoms with E-state index in [-0.39, 0.29) is 17.6 Å². The van der Waals surface area contributed by atoms with Crippen molar-refractivity contribution < 1.29 is 18.7 Å². The van der Waals surface area contributed by atoms with Gasteiger partial charge >= 0.3 is 6.03 Å². The summed E-state index contributed by atoms with van der Waals surface area (Å²) < 4.78 is 27.0. The Balaban J connectivity index is 1.78. The van der Waals surface area contributed by atoms with Gasteiger partial charge in [0, 0.05) is 13.6 Å². The Morgan fingerprint density at radius 3 is 2.75 bits per heavy atom. The molecule has 2 amide bonds. The van der Waals surface area contributed by atoms with Crippen molar-refractivity contribution >= 4 is 11.8 Å². The largest absolute Gasteiger partial charge is 0.508 e. The molecule has 1 aliphatic rings. The molecular weight excluding hydrogens is 320 g/mol. The van der Waals surface area contributed by atoms with Crippen LogP contribution in [0.2, 0.25) is 0 Å². The molecule has 0 saturated carbocycles. The van der Waals surface area contributed by atoms with Crippen LogP contribution in [0.5, 0.6) is 5.75 Å². The van der Waals surface area contributed by atoms with Crippen LogP contribution < -0.4 is 5.32 Å². The van der Waals surface area contributed by atoms with Crippen LogP contribution in [0.3, 0.4) is 0 Å². The summed E-state index contributed by atoms with van der Waals surface area (Å²) in [7, 11) is 1.35. The highest BCUT2D eigenvalue weighted by atomic mass is 19.3. The highest BCUT2D eigenvalue weighted by Gasteiger charge is 2.31. The van der Waals surface area contributed by atoms with E-state index in [1.807, 2.05) is 0 Å². The third-order valence-electron chi connectivity index (χ3n) is 4.09. The summed E-state index contributed by atoms with van der Waals surface area (Å²) in [6, 6.07) is 5.95. The van der Waals surface area contributed by atoms with Crippen LogP contribution >= 0.6 is 0 Å². The molecule has 1 fully saturated rings. The van der Waals surface area contributed by atoms with E-state index in [0.717, 1.165) is 23.1 Å². The first-order chi connectivity index (χ1) is 11.5. The van der Waals surface area contributed by atoms with Gasteiger partial charge in [-0.3, -0.25) is 5.32 Å². The molecule has 0 bridgehead atoms. The van der Waals surface area contributed by atoms with Gasteiger partial charge in [0.05, 0.1) is 6.04 Å². The van der Waals surface area contributed by atoms with Gasteiger partial charge in [0.15, 0.2) is 5.82 Å². The number of urea groups is 1. The lowest BCUT2D eigenvalue weighted by atomic mass is 10.0. The molecule has 1 aliphatic heterocycles. The highest BCUT2D eigenvalue weighted by molar-refractivity contribution is 5.89. The number of nitrogens with one attached hydrogen (secondary N) is 1. The predicted molar refractivity (Wildman–Crippen MR) is 81.8 cm³/mol. The molecule has 0 aliphatic carbocycles. The van der Waals surface area contributed by atoms with E-state index in [9.17, 15) is 18.7 Å². The first-order valence-corrected chi connectivity index (χ1v) is 7.51. The van der Waals surface area contributed by atoms with Crippen molar-refractivity contribution in [3.8, 4) is 5.75 Å². The second kappa shape index (κ2) is 6.42. The zero-order valence-electron chi connectivity index (χ0n) is 13.0. The zero-order chi connectivity index (χ0) is 17.3. The molecule has 3 rings (SSSR count). The van der Waals surface area contributed by atoms with Crippen LogP contribution in [0, 0.1) is 0 Å². The summed E-state index contributed by atoms with van der Waals surface area (Å²) in [6.07, 6.45) is -1.21. The fraction of sp³-hybridized carbons (Fsp3) is 0.400. The third kappa shape index (κ3) is 3.01. The van der Waals surface area contributed by atoms with Crippen molar-refractivity contribution in [1.82, 2.24) is 19.9 Å². The number of anilines is 1. The van der Waals surface area contributed by atoms with E-state index in [2.05, 4.69) is 15.6 Å². The fourth-order valence-corrected chi connectivity index (χ4v) is 2.92. The second-order valence-corrected chi connectivity index (χ2v) is 5.62. The van der Waals surface area contributed by atoms with E-state index in [0.29, 0.717) is 6.54 Å². The summed E-state index contributed by atoms with van der Waals surface area (Å²) in [5.41, 5.74) is 0.456. The molecule has 7 nitrogen and oxygen atoms in total. The molecular formula is C15H17F2N5O2. The molecule has 1 aromatic heterocycles. The lowest BCUT2D eigenvalue weighted by molar-refractivity contribution is 0.141. The Hall–Kier alpha value is -2.71. The van der Waals surface area contributed by atoms with E-state index < -0.39 is 18.2 Å². The molecule has 9 heteroatoms. The normalized spacial score (nSPS) is 17.5. The first-order valence-electron chi connectivity index (χ1n) is 7.51. The molecule has 0 spiro atoms. The van der Waals surface area contributed by atoms with Gasteiger partial charge in [0.1, 0.15) is 11.4 Å². The molecule has 1 atom stereocenters. The minimum atomic E-state index is -2.79. The Kier molecular flexibility index (Phi) is 4.32. The van der Waals surface area contributed by atoms with E-state index in [1.165, 1.54) is 7.05 Å². The summed E-state index contributed by atoms with van der Waals surface area (Å²) in [5.74, 6) is -0.0808. The minimum absolute atomic E-state index is 0.147. The summed E-state index contributed by atoms with van der Waals surface area (Å²) in [6.45, 7) is 0.516. The molecule has 2 heterocycles. The lowest BCUT2D eigenvalue weighted by Crippen LogP contribution is -2.34. The maximum absolute atomic E-state index is 13.0. The van der Waals surface area contributed by atoms with Crippen molar-refractivity contribution in [1.29, 1.82) is 0 Å². The number of alkyl halides is 2. The van der Waals surface area contributed by atoms with Gasteiger partial charge in [-0.05, 0) is 30.5 Å². The van der Waals surface area contributed by atoms with Gasteiger partial charge in [-0.2, -0.15) is 0 Å². The van der Waals surface area contributed by atoms with Gasteiger partial charge in [0.25, 0.3) is 6.43 Å². The van der Waals surface area contributed by atoms with Gasteiger partial charge < -0.3 is 10.0 Å². The average Bonchev–Trinajstić information content (AvgIpc) is 3.15. The number of likely N-dealkylation sites (tertiary alicyclic amines) is 1. The topological polar surface area (TPSA) is 83.3 Å². The Morgan fingerprint density at radius 2 is 2.08 bits per heavy atom. The summed E-state index contributed by atoms with van der Waals surface area (Å²) in [4.78, 5) is 14.1. The van der Waals surface area contributed by atoms with Crippen molar-refractivity contribution in [3.63, 3.8) is 0 Å². The van der Waals surface area contributed by atoms with Gasteiger partial charge in [-0.1, -0.05) is 17.3 Å². The first kappa shape index (κ1) is 16.2. The van der Waals surface area contributed by atoms with Gasteiger partial charge in [-0.15, -0.1) is 5.10 Å². The van der Waals surface area contributed by atoms with Crippen LogP contribution in [0.25, 0.3) is 0 Å². The predicted octanol–water partition coefficient (Wildman–Crippen LogP) is 2.83. The Morgan fingerprint density at radius 1 is 1.38 bits per heavy atom. The average molecular weight is 337 g/mol. The number of aryl methyl sites for hydroxylation is 1. The number of benzene rings is 1. The number of aromatic hydroxyl groups is 1. The standard InChI is InChI=1S/C15H17F2N5O2/c1-21-12(13(16)17)14(19-20-21)18-15(24)22-8-2-3-11(22)9-4-6-10(23)7-5-9/h4-7,11,13,23H,2-3,8H2,1H3,(H,18,24). The number of rotatable bonds is 3. The molecule has 128 valence electrons. The highest BCUT2D eigenvalue weighted by Crippen LogP contribution is 2.33. The molecule has 24 heavy (non-hydrogen) atoms. The molecule has 2 aromatic rings. The Bertz CT molecular complexity index is 732. The van der Waals surface area contributed by atoms with Crippen LogP contribution in [0.1, 0.15) is 36.6 Å². The smallest absolute Gasteiger partial charge is 0.323 e. The molecule has 1 aromatic carbocycles. The van der Waals surface area contributed by atoms with Crippen molar-refractivity contribution in [3.05, 3.63) is 35.5 Å². The number of halogens is 2. The lowest BCUT2D eigenvalue weighted by Gasteiger charge is -2.25. The van der Waals surface area contributed by atoms with Crippen LogP contribution in [-0.4, -0.2) is 37.6 Å². The van der Waals surface area contributed by atoms with Crippen molar-refractivity contribution in [2.24, 2.45) is 7.05 Å². The SMILES string of the molecule is Cn1nnc(NC(=O)N2CCCC2c2ccc(O)cc2)c1C(F)F. The third-order valence-corrected chi connectivity index (χ3v) is 4.09. The summed E-state index contributed by atoms with van der Waals surface area (Å²) in [5, 5.41) is 18.9. The number of carbonyl (C=O) groups is 1. The van der Waals surface area contributed by atoms with Gasteiger partial charge in [0.2, 0.25) is 0 Å². The maximum atomic E-state index is 13.0. The molecule has 1 unspecified atom stereocenters. The summed E-state index contributed by atoms with van der Waals surface area (Å²) >= 11 is 0. The number of phenols is 1. The zero-order valence-corrected chi connectivity index (χ0v) is 13.0. The van der Waals surface area contributed by atoms with Crippen molar-refractivity contribution in [2.75, 3.05) is 11.9 Å². The number of hydrogen-bond donors (Lipinski definition) is 2. The van der Waals surface area contributed by atoms with Crippen LogP contribution in [0.15, 0.2) is 24.3 Å². The number of carbonyl (C=O) groups excluding carboxylic acids is 1. The minimum Gasteiger partial charge on any atom is -0.508 e. The van der Waals surface area contributed by atoms with E-state index in [1.54, 1.807) is 29.2 Å². The molecule has 0 radical (unpaired) electrons. The molecule has 1 saturated heterocycles.